The molecule has 0 heterocycles. The molecular formula is C22H20O4S. The summed E-state index contributed by atoms with van der Waals surface area (Å²) in [4.78, 5) is 12.4. The molecule has 0 saturated carbocycles. The van der Waals surface area contributed by atoms with E-state index in [-0.39, 0.29) is 23.7 Å². The van der Waals surface area contributed by atoms with Crippen molar-refractivity contribution in [3.05, 3.63) is 90.5 Å². The molecule has 0 fully saturated rings. The number of benzene rings is 3. The predicted octanol–water partition coefficient (Wildman–Crippen LogP) is 4.37. The van der Waals surface area contributed by atoms with Crippen LogP contribution in [-0.2, 0) is 14.6 Å². The van der Waals surface area contributed by atoms with Crippen molar-refractivity contribution in [1.82, 2.24) is 0 Å². The summed E-state index contributed by atoms with van der Waals surface area (Å²) < 4.78 is 29.6. The van der Waals surface area contributed by atoms with Crippen LogP contribution < -0.4 is 0 Å². The standard InChI is InChI=1S/C22H20O4S/c23-22(20-14-12-19(13-15-20)18-8-3-1-4-9-18)26-16-7-17-27(24,25)21-10-5-2-6-11-21/h1-6,8-15H,7,16-17H2. The monoisotopic (exact) mass is 380 g/mol. The summed E-state index contributed by atoms with van der Waals surface area (Å²) in [7, 11) is -3.35. The molecule has 27 heavy (non-hydrogen) atoms. The first-order chi connectivity index (χ1) is 13.1. The fraction of sp³-hybridized carbons (Fsp3) is 0.136. The van der Waals surface area contributed by atoms with E-state index in [4.69, 9.17) is 4.74 Å². The van der Waals surface area contributed by atoms with Crippen molar-refractivity contribution in [2.24, 2.45) is 0 Å². The van der Waals surface area contributed by atoms with Crippen molar-refractivity contribution in [2.45, 2.75) is 11.3 Å². The average molecular weight is 380 g/mol. The second kappa shape index (κ2) is 8.64. The molecule has 0 unspecified atom stereocenters. The Hall–Kier alpha value is -2.92. The number of sulfone groups is 1. The molecule has 3 aromatic carbocycles. The van der Waals surface area contributed by atoms with Gasteiger partial charge in [-0.05, 0) is 41.8 Å². The number of carbonyl (C=O) groups is 1. The number of ether oxygens (including phenoxy) is 1. The molecule has 4 nitrogen and oxygen atoms in total. The summed E-state index contributed by atoms with van der Waals surface area (Å²) >= 11 is 0. The topological polar surface area (TPSA) is 60.4 Å². The third kappa shape index (κ3) is 5.05. The minimum Gasteiger partial charge on any atom is -0.462 e. The van der Waals surface area contributed by atoms with Gasteiger partial charge < -0.3 is 4.74 Å². The van der Waals surface area contributed by atoms with Crippen LogP contribution in [0, 0.1) is 0 Å². The van der Waals surface area contributed by atoms with E-state index in [0.717, 1.165) is 11.1 Å². The summed E-state index contributed by atoms with van der Waals surface area (Å²) in [6, 6.07) is 25.3. The second-order valence-electron chi connectivity index (χ2n) is 6.06. The van der Waals surface area contributed by atoms with E-state index in [9.17, 15) is 13.2 Å². The van der Waals surface area contributed by atoms with Gasteiger partial charge in [0.05, 0.1) is 22.8 Å². The van der Waals surface area contributed by atoms with Crippen LogP contribution >= 0.6 is 0 Å². The molecule has 0 saturated heterocycles. The molecule has 5 heteroatoms. The van der Waals surface area contributed by atoms with Crippen LogP contribution in [0.15, 0.2) is 89.8 Å². The lowest BCUT2D eigenvalue weighted by Gasteiger charge is -2.07. The van der Waals surface area contributed by atoms with Crippen molar-refractivity contribution in [2.75, 3.05) is 12.4 Å². The van der Waals surface area contributed by atoms with Gasteiger partial charge in [-0.1, -0.05) is 60.7 Å². The molecule has 0 atom stereocenters. The summed E-state index contributed by atoms with van der Waals surface area (Å²) in [6.07, 6.45) is 0.255. The van der Waals surface area contributed by atoms with Crippen molar-refractivity contribution in [1.29, 1.82) is 0 Å². The highest BCUT2D eigenvalue weighted by atomic mass is 32.2. The number of hydrogen-bond acceptors (Lipinski definition) is 4. The summed E-state index contributed by atoms with van der Waals surface area (Å²) in [6.45, 7) is 0.0608. The molecule has 0 spiro atoms. The van der Waals surface area contributed by atoms with E-state index in [1.54, 1.807) is 42.5 Å². The highest BCUT2D eigenvalue weighted by Crippen LogP contribution is 2.19. The van der Waals surface area contributed by atoms with Crippen LogP contribution in [0.1, 0.15) is 16.8 Å². The fourth-order valence-electron chi connectivity index (χ4n) is 2.67. The van der Waals surface area contributed by atoms with E-state index in [1.165, 1.54) is 0 Å². The molecule has 0 aliphatic carbocycles. The molecular weight excluding hydrogens is 360 g/mol. The van der Waals surface area contributed by atoms with Gasteiger partial charge in [-0.25, -0.2) is 13.2 Å². The molecule has 3 aromatic rings. The largest absolute Gasteiger partial charge is 0.462 e. The molecule has 0 bridgehead atoms. The molecule has 0 aliphatic rings. The van der Waals surface area contributed by atoms with E-state index >= 15 is 0 Å². The lowest BCUT2D eigenvalue weighted by molar-refractivity contribution is 0.0505. The number of hydrogen-bond donors (Lipinski definition) is 0. The summed E-state index contributed by atoms with van der Waals surface area (Å²) in [5, 5.41) is 0. The SMILES string of the molecule is O=C(OCCCS(=O)(=O)c1ccccc1)c1ccc(-c2ccccc2)cc1. The summed E-state index contributed by atoms with van der Waals surface area (Å²) in [5.41, 5.74) is 2.53. The Bertz CT molecular complexity index is 980. The zero-order valence-corrected chi connectivity index (χ0v) is 15.6. The Morgan fingerprint density at radius 1 is 0.741 bits per heavy atom. The van der Waals surface area contributed by atoms with Crippen molar-refractivity contribution < 1.29 is 17.9 Å². The Balaban J connectivity index is 1.51. The zero-order valence-electron chi connectivity index (χ0n) is 14.7. The molecule has 0 aliphatic heterocycles. The first kappa shape index (κ1) is 18.9. The average Bonchev–Trinajstić information content (AvgIpc) is 2.72. The molecule has 0 amide bonds. The molecule has 0 N–H and O–H groups in total. The van der Waals surface area contributed by atoms with Crippen molar-refractivity contribution >= 4 is 15.8 Å². The van der Waals surface area contributed by atoms with Crippen LogP contribution in [-0.4, -0.2) is 26.7 Å². The maximum absolute atomic E-state index is 12.2. The highest BCUT2D eigenvalue weighted by molar-refractivity contribution is 7.91. The smallest absolute Gasteiger partial charge is 0.338 e. The second-order valence-corrected chi connectivity index (χ2v) is 8.17. The van der Waals surface area contributed by atoms with E-state index < -0.39 is 15.8 Å². The van der Waals surface area contributed by atoms with Crippen molar-refractivity contribution in [3.63, 3.8) is 0 Å². The van der Waals surface area contributed by atoms with Gasteiger partial charge in [0, 0.05) is 0 Å². The first-order valence-electron chi connectivity index (χ1n) is 8.67. The summed E-state index contributed by atoms with van der Waals surface area (Å²) in [5.74, 6) is -0.510. The Morgan fingerprint density at radius 2 is 1.30 bits per heavy atom. The number of carbonyl (C=O) groups excluding carboxylic acids is 1. The maximum Gasteiger partial charge on any atom is 0.338 e. The molecule has 138 valence electrons. The van der Waals surface area contributed by atoms with Crippen LogP contribution in [0.4, 0.5) is 0 Å². The minimum absolute atomic E-state index is 0.0583. The normalized spacial score (nSPS) is 11.1. The number of esters is 1. The van der Waals surface area contributed by atoms with Crippen molar-refractivity contribution in [3.8, 4) is 11.1 Å². The van der Waals surface area contributed by atoms with Gasteiger partial charge in [0.15, 0.2) is 9.84 Å². The van der Waals surface area contributed by atoms with Gasteiger partial charge in [0.2, 0.25) is 0 Å². The maximum atomic E-state index is 12.2. The minimum atomic E-state index is -3.35. The number of rotatable bonds is 7. The van der Waals surface area contributed by atoms with Crippen LogP contribution in [0.5, 0.6) is 0 Å². The quantitative estimate of drug-likeness (QED) is 0.451. The fourth-order valence-corrected chi connectivity index (χ4v) is 3.98. The predicted molar refractivity (Wildman–Crippen MR) is 105 cm³/mol. The lowest BCUT2D eigenvalue weighted by Crippen LogP contribution is -2.12. The zero-order chi connectivity index (χ0) is 19.1. The van der Waals surface area contributed by atoms with E-state index in [0.29, 0.717) is 5.56 Å². The van der Waals surface area contributed by atoms with E-state index in [1.807, 2.05) is 42.5 Å². The molecule has 0 aromatic heterocycles. The van der Waals surface area contributed by atoms with Gasteiger partial charge in [-0.2, -0.15) is 0 Å². The van der Waals surface area contributed by atoms with Gasteiger partial charge >= 0.3 is 5.97 Å². The van der Waals surface area contributed by atoms with Gasteiger partial charge in [-0.3, -0.25) is 0 Å². The Labute approximate surface area is 159 Å². The highest BCUT2D eigenvalue weighted by Gasteiger charge is 2.14. The Morgan fingerprint density at radius 3 is 1.93 bits per heavy atom. The van der Waals surface area contributed by atoms with Gasteiger partial charge in [0.25, 0.3) is 0 Å². The van der Waals surface area contributed by atoms with Crippen LogP contribution in [0.3, 0.4) is 0 Å². The lowest BCUT2D eigenvalue weighted by atomic mass is 10.0. The molecule has 3 rings (SSSR count). The van der Waals surface area contributed by atoms with Crippen LogP contribution in [0.25, 0.3) is 11.1 Å². The first-order valence-corrected chi connectivity index (χ1v) is 10.3. The van der Waals surface area contributed by atoms with Gasteiger partial charge in [-0.15, -0.1) is 0 Å². The van der Waals surface area contributed by atoms with Gasteiger partial charge in [0.1, 0.15) is 0 Å². The molecule has 0 radical (unpaired) electrons. The third-order valence-electron chi connectivity index (χ3n) is 4.12. The Kier molecular flexibility index (Phi) is 6.04. The van der Waals surface area contributed by atoms with Crippen LogP contribution in [0.2, 0.25) is 0 Å². The third-order valence-corrected chi connectivity index (χ3v) is 5.94. The van der Waals surface area contributed by atoms with E-state index in [2.05, 4.69) is 0 Å².